The number of aryl methyl sites for hydroxylation is 1. The molecule has 0 amide bonds. The number of aromatic nitrogens is 2. The van der Waals surface area contributed by atoms with Crippen LogP contribution in [0.3, 0.4) is 0 Å². The van der Waals surface area contributed by atoms with Crippen LogP contribution in [0.25, 0.3) is 0 Å². The Morgan fingerprint density at radius 2 is 2.38 bits per heavy atom. The number of nitrogens with one attached hydrogen (secondary N) is 1. The first-order chi connectivity index (χ1) is 6.27. The van der Waals surface area contributed by atoms with E-state index >= 15 is 0 Å². The molecule has 0 aromatic carbocycles. The standard InChI is InChI=1S/C9H10N4/c1-7(5-11)8-6-12-9(13-8)3-2-4-10/h6-7H,2-3H2,1H3,(H,12,13). The van der Waals surface area contributed by atoms with Crippen molar-refractivity contribution in [2.75, 3.05) is 0 Å². The molecule has 0 aliphatic rings. The Labute approximate surface area is 76.8 Å². The van der Waals surface area contributed by atoms with E-state index in [0.29, 0.717) is 12.8 Å². The lowest BCUT2D eigenvalue weighted by molar-refractivity contribution is 0.882. The zero-order chi connectivity index (χ0) is 9.68. The van der Waals surface area contributed by atoms with Crippen LogP contribution in [-0.4, -0.2) is 9.97 Å². The monoisotopic (exact) mass is 174 g/mol. The Balaban J connectivity index is 2.66. The molecule has 1 rings (SSSR count). The number of nitriles is 2. The molecule has 1 aromatic rings. The average Bonchev–Trinajstić information content (AvgIpc) is 2.62. The van der Waals surface area contributed by atoms with Crippen molar-refractivity contribution >= 4 is 0 Å². The summed E-state index contributed by atoms with van der Waals surface area (Å²) in [6, 6.07) is 4.16. The van der Waals surface area contributed by atoms with Gasteiger partial charge < -0.3 is 4.98 Å². The molecule has 1 heterocycles. The molecule has 0 spiro atoms. The molecule has 0 aliphatic heterocycles. The molecule has 4 nitrogen and oxygen atoms in total. The Hall–Kier alpha value is -1.81. The van der Waals surface area contributed by atoms with Crippen molar-refractivity contribution in [1.82, 2.24) is 9.97 Å². The molecule has 13 heavy (non-hydrogen) atoms. The van der Waals surface area contributed by atoms with E-state index in [9.17, 15) is 0 Å². The predicted molar refractivity (Wildman–Crippen MR) is 46.5 cm³/mol. The van der Waals surface area contributed by atoms with Gasteiger partial charge in [0.25, 0.3) is 0 Å². The van der Waals surface area contributed by atoms with Crippen LogP contribution < -0.4 is 0 Å². The summed E-state index contributed by atoms with van der Waals surface area (Å²) in [7, 11) is 0. The zero-order valence-electron chi connectivity index (χ0n) is 7.41. The Morgan fingerprint density at radius 1 is 1.62 bits per heavy atom. The van der Waals surface area contributed by atoms with Crippen molar-refractivity contribution in [3.8, 4) is 12.1 Å². The van der Waals surface area contributed by atoms with E-state index in [1.807, 2.05) is 13.0 Å². The van der Waals surface area contributed by atoms with Crippen molar-refractivity contribution < 1.29 is 0 Å². The number of H-pyrrole nitrogens is 1. The lowest BCUT2D eigenvalue weighted by Crippen LogP contribution is -1.91. The Bertz CT molecular complexity index is 352. The lowest BCUT2D eigenvalue weighted by Gasteiger charge is -1.95. The maximum Gasteiger partial charge on any atom is 0.107 e. The van der Waals surface area contributed by atoms with Crippen LogP contribution in [0.5, 0.6) is 0 Å². The summed E-state index contributed by atoms with van der Waals surface area (Å²) in [6.07, 6.45) is 2.73. The number of hydrogen-bond acceptors (Lipinski definition) is 3. The van der Waals surface area contributed by atoms with E-state index in [0.717, 1.165) is 11.5 Å². The minimum Gasteiger partial charge on any atom is -0.345 e. The molecule has 66 valence electrons. The third kappa shape index (κ3) is 2.31. The van der Waals surface area contributed by atoms with Crippen molar-refractivity contribution in [2.45, 2.75) is 25.7 Å². The fraction of sp³-hybridized carbons (Fsp3) is 0.444. The molecule has 1 atom stereocenters. The van der Waals surface area contributed by atoms with E-state index in [-0.39, 0.29) is 5.92 Å². The molecule has 1 aromatic heterocycles. The normalized spacial score (nSPS) is 11.6. The van der Waals surface area contributed by atoms with Gasteiger partial charge in [-0.3, -0.25) is 0 Å². The Morgan fingerprint density at radius 3 is 3.00 bits per heavy atom. The predicted octanol–water partition coefficient (Wildman–Crippen LogP) is 1.49. The minimum atomic E-state index is -0.164. The first kappa shape index (κ1) is 9.28. The van der Waals surface area contributed by atoms with Crippen LogP contribution >= 0.6 is 0 Å². The molecular weight excluding hydrogens is 164 g/mol. The van der Waals surface area contributed by atoms with Gasteiger partial charge in [0.05, 0.1) is 23.8 Å². The van der Waals surface area contributed by atoms with Gasteiger partial charge in [-0.05, 0) is 6.92 Å². The summed E-state index contributed by atoms with van der Waals surface area (Å²) in [6.45, 7) is 1.81. The highest BCUT2D eigenvalue weighted by atomic mass is 14.9. The molecular formula is C9H10N4. The van der Waals surface area contributed by atoms with E-state index < -0.39 is 0 Å². The van der Waals surface area contributed by atoms with Crippen LogP contribution in [-0.2, 0) is 6.42 Å². The number of nitrogens with zero attached hydrogens (tertiary/aromatic N) is 3. The van der Waals surface area contributed by atoms with E-state index in [1.165, 1.54) is 0 Å². The SMILES string of the molecule is CC(C#N)c1cnc(CCC#N)[nH]1. The summed E-state index contributed by atoms with van der Waals surface area (Å²) < 4.78 is 0. The van der Waals surface area contributed by atoms with Gasteiger partial charge in [-0.25, -0.2) is 4.98 Å². The fourth-order valence-corrected chi connectivity index (χ4v) is 0.970. The van der Waals surface area contributed by atoms with Crippen molar-refractivity contribution in [1.29, 1.82) is 10.5 Å². The molecule has 0 radical (unpaired) electrons. The molecule has 1 N–H and O–H groups in total. The summed E-state index contributed by atoms with van der Waals surface area (Å²) >= 11 is 0. The molecule has 1 unspecified atom stereocenters. The van der Waals surface area contributed by atoms with Crippen molar-refractivity contribution in [2.24, 2.45) is 0 Å². The van der Waals surface area contributed by atoms with E-state index in [4.69, 9.17) is 10.5 Å². The summed E-state index contributed by atoms with van der Waals surface area (Å²) in [5.74, 6) is 0.613. The fourth-order valence-electron chi connectivity index (χ4n) is 0.970. The number of rotatable bonds is 3. The maximum absolute atomic E-state index is 8.62. The topological polar surface area (TPSA) is 76.3 Å². The Kier molecular flexibility index (Phi) is 3.05. The second-order valence-electron chi connectivity index (χ2n) is 2.79. The summed E-state index contributed by atoms with van der Waals surface area (Å²) in [5.41, 5.74) is 0.815. The number of aromatic amines is 1. The number of hydrogen-bond donors (Lipinski definition) is 1. The van der Waals surface area contributed by atoms with Gasteiger partial charge >= 0.3 is 0 Å². The van der Waals surface area contributed by atoms with Gasteiger partial charge in [0, 0.05) is 19.0 Å². The quantitative estimate of drug-likeness (QED) is 0.754. The first-order valence-electron chi connectivity index (χ1n) is 4.08. The van der Waals surface area contributed by atoms with Gasteiger partial charge in [0.15, 0.2) is 0 Å². The molecule has 4 heteroatoms. The maximum atomic E-state index is 8.62. The molecule has 0 saturated carbocycles. The lowest BCUT2D eigenvalue weighted by atomic mass is 10.1. The summed E-state index contributed by atoms with van der Waals surface area (Å²) in [5, 5.41) is 17.0. The highest BCUT2D eigenvalue weighted by Crippen LogP contribution is 2.11. The minimum absolute atomic E-state index is 0.164. The van der Waals surface area contributed by atoms with Crippen LogP contribution in [0, 0.1) is 22.7 Å². The van der Waals surface area contributed by atoms with Gasteiger partial charge in [0.2, 0.25) is 0 Å². The molecule has 0 saturated heterocycles. The largest absolute Gasteiger partial charge is 0.345 e. The highest BCUT2D eigenvalue weighted by Gasteiger charge is 2.06. The second kappa shape index (κ2) is 4.27. The van der Waals surface area contributed by atoms with Crippen molar-refractivity contribution in [3.05, 3.63) is 17.7 Å². The van der Waals surface area contributed by atoms with Crippen LogP contribution in [0.15, 0.2) is 6.20 Å². The summed E-state index contributed by atoms with van der Waals surface area (Å²) in [4.78, 5) is 7.08. The van der Waals surface area contributed by atoms with Crippen LogP contribution in [0.1, 0.15) is 30.8 Å². The van der Waals surface area contributed by atoms with E-state index in [1.54, 1.807) is 6.20 Å². The van der Waals surface area contributed by atoms with E-state index in [2.05, 4.69) is 16.0 Å². The van der Waals surface area contributed by atoms with Gasteiger partial charge in [-0.1, -0.05) is 0 Å². The van der Waals surface area contributed by atoms with Gasteiger partial charge in [-0.2, -0.15) is 10.5 Å². The number of imidazole rings is 1. The first-order valence-corrected chi connectivity index (χ1v) is 4.08. The highest BCUT2D eigenvalue weighted by molar-refractivity contribution is 5.13. The van der Waals surface area contributed by atoms with Gasteiger partial charge in [-0.15, -0.1) is 0 Å². The second-order valence-corrected chi connectivity index (χ2v) is 2.79. The van der Waals surface area contributed by atoms with Crippen molar-refractivity contribution in [3.63, 3.8) is 0 Å². The smallest absolute Gasteiger partial charge is 0.107 e. The molecule has 0 aliphatic carbocycles. The van der Waals surface area contributed by atoms with Crippen LogP contribution in [0.4, 0.5) is 0 Å². The third-order valence-electron chi connectivity index (χ3n) is 1.78. The average molecular weight is 174 g/mol. The molecule has 0 bridgehead atoms. The van der Waals surface area contributed by atoms with Crippen LogP contribution in [0.2, 0.25) is 0 Å². The van der Waals surface area contributed by atoms with Gasteiger partial charge in [0.1, 0.15) is 5.82 Å². The molecule has 0 fully saturated rings. The zero-order valence-corrected chi connectivity index (χ0v) is 7.41. The third-order valence-corrected chi connectivity index (χ3v) is 1.78.